The molecule has 0 aromatic heterocycles. The number of imide groups is 1. The van der Waals surface area contributed by atoms with Crippen molar-refractivity contribution < 1.29 is 14.4 Å². The molecular formula is C15H16N2O3. The van der Waals surface area contributed by atoms with Gasteiger partial charge in [-0.15, -0.1) is 0 Å². The van der Waals surface area contributed by atoms with Gasteiger partial charge in [-0.05, 0) is 31.6 Å². The highest BCUT2D eigenvalue weighted by molar-refractivity contribution is 6.21. The first-order chi connectivity index (χ1) is 9.65. The number of hydrogen-bond donors (Lipinski definition) is 1. The van der Waals surface area contributed by atoms with Gasteiger partial charge in [0, 0.05) is 13.1 Å². The number of hydrogen-bond acceptors (Lipinski definition) is 3. The summed E-state index contributed by atoms with van der Waals surface area (Å²) >= 11 is 0. The number of rotatable bonds is 5. The molecule has 1 aliphatic heterocycles. The Hall–Kier alpha value is -2.43. The van der Waals surface area contributed by atoms with Crippen LogP contribution in [0.3, 0.4) is 0 Å². The van der Waals surface area contributed by atoms with E-state index in [2.05, 4.69) is 5.32 Å². The molecule has 0 spiro atoms. The fourth-order valence-electron chi connectivity index (χ4n) is 2.10. The minimum absolute atomic E-state index is 0.171. The summed E-state index contributed by atoms with van der Waals surface area (Å²) < 4.78 is 0. The van der Waals surface area contributed by atoms with Gasteiger partial charge in [0.25, 0.3) is 11.8 Å². The largest absolute Gasteiger partial charge is 0.352 e. The lowest BCUT2D eigenvalue weighted by molar-refractivity contribution is -0.116. The number of allylic oxidation sites excluding steroid dienone is 1. The van der Waals surface area contributed by atoms with E-state index in [9.17, 15) is 14.4 Å². The van der Waals surface area contributed by atoms with Crippen molar-refractivity contribution >= 4 is 17.7 Å². The van der Waals surface area contributed by atoms with Crippen molar-refractivity contribution in [2.24, 2.45) is 0 Å². The summed E-state index contributed by atoms with van der Waals surface area (Å²) in [7, 11) is 0. The Balaban J connectivity index is 1.88. The standard InChI is InChI=1S/C15H16N2O3/c1-2-6-13(18)16-9-5-10-17-14(19)11-7-3-4-8-12(11)15(17)20/h2-4,6-8H,5,9-10H2,1H3,(H,16,18). The SMILES string of the molecule is CC=CC(=O)NCCCN1C(=O)c2ccccc2C1=O. The van der Waals surface area contributed by atoms with Gasteiger partial charge in [0.15, 0.2) is 0 Å². The average molecular weight is 272 g/mol. The lowest BCUT2D eigenvalue weighted by Gasteiger charge is -2.13. The highest BCUT2D eigenvalue weighted by Crippen LogP contribution is 2.22. The predicted octanol–water partition coefficient (Wildman–Crippen LogP) is 1.37. The Kier molecular flexibility index (Phi) is 4.30. The van der Waals surface area contributed by atoms with Gasteiger partial charge in [0.1, 0.15) is 0 Å². The number of nitrogens with zero attached hydrogens (tertiary/aromatic N) is 1. The molecule has 0 unspecified atom stereocenters. The van der Waals surface area contributed by atoms with Crippen LogP contribution in [0.5, 0.6) is 0 Å². The summed E-state index contributed by atoms with van der Waals surface area (Å²) in [5.74, 6) is -0.689. The van der Waals surface area contributed by atoms with E-state index in [1.165, 1.54) is 11.0 Å². The maximum atomic E-state index is 12.0. The van der Waals surface area contributed by atoms with E-state index in [4.69, 9.17) is 0 Å². The van der Waals surface area contributed by atoms with Crippen LogP contribution in [0, 0.1) is 0 Å². The molecule has 1 heterocycles. The molecule has 5 heteroatoms. The van der Waals surface area contributed by atoms with Gasteiger partial charge < -0.3 is 5.32 Å². The molecule has 104 valence electrons. The van der Waals surface area contributed by atoms with E-state index in [1.807, 2.05) is 0 Å². The van der Waals surface area contributed by atoms with Crippen LogP contribution in [0.25, 0.3) is 0 Å². The van der Waals surface area contributed by atoms with Crippen LogP contribution in [0.4, 0.5) is 0 Å². The Morgan fingerprint density at radius 3 is 2.35 bits per heavy atom. The van der Waals surface area contributed by atoms with Gasteiger partial charge in [-0.2, -0.15) is 0 Å². The van der Waals surface area contributed by atoms with Gasteiger partial charge >= 0.3 is 0 Å². The quantitative estimate of drug-likeness (QED) is 0.500. The number of benzene rings is 1. The third-order valence-electron chi connectivity index (χ3n) is 3.05. The second-order valence-electron chi connectivity index (χ2n) is 4.45. The van der Waals surface area contributed by atoms with Crippen molar-refractivity contribution in [2.45, 2.75) is 13.3 Å². The Morgan fingerprint density at radius 1 is 1.20 bits per heavy atom. The van der Waals surface area contributed by atoms with Crippen molar-refractivity contribution in [3.8, 4) is 0 Å². The molecule has 2 rings (SSSR count). The highest BCUT2D eigenvalue weighted by atomic mass is 16.2. The lowest BCUT2D eigenvalue weighted by Crippen LogP contribution is -2.33. The smallest absolute Gasteiger partial charge is 0.261 e. The van der Waals surface area contributed by atoms with Crippen molar-refractivity contribution in [1.82, 2.24) is 10.2 Å². The van der Waals surface area contributed by atoms with Gasteiger partial charge in [-0.25, -0.2) is 0 Å². The predicted molar refractivity (Wildman–Crippen MR) is 74.2 cm³/mol. The maximum Gasteiger partial charge on any atom is 0.261 e. The summed E-state index contributed by atoms with van der Waals surface area (Å²) in [6.45, 7) is 2.50. The Bertz CT molecular complexity index is 543. The monoisotopic (exact) mass is 272 g/mol. The molecule has 0 aliphatic carbocycles. The van der Waals surface area contributed by atoms with Crippen LogP contribution in [-0.4, -0.2) is 35.7 Å². The molecule has 0 saturated heterocycles. The normalized spacial score (nSPS) is 13.9. The van der Waals surface area contributed by atoms with Crippen LogP contribution >= 0.6 is 0 Å². The van der Waals surface area contributed by atoms with E-state index >= 15 is 0 Å². The van der Waals surface area contributed by atoms with E-state index in [0.29, 0.717) is 30.6 Å². The summed E-state index contributed by atoms with van der Waals surface area (Å²) in [5.41, 5.74) is 0.908. The number of amides is 3. The Labute approximate surface area is 117 Å². The first-order valence-electron chi connectivity index (χ1n) is 6.51. The minimum Gasteiger partial charge on any atom is -0.352 e. The summed E-state index contributed by atoms with van der Waals surface area (Å²) in [6, 6.07) is 6.79. The van der Waals surface area contributed by atoms with E-state index < -0.39 is 0 Å². The average Bonchev–Trinajstić information content (AvgIpc) is 2.69. The van der Waals surface area contributed by atoms with Crippen molar-refractivity contribution in [3.63, 3.8) is 0 Å². The van der Waals surface area contributed by atoms with Crippen LogP contribution in [0.2, 0.25) is 0 Å². The molecule has 0 radical (unpaired) electrons. The molecular weight excluding hydrogens is 256 g/mol. The molecule has 3 amide bonds. The topological polar surface area (TPSA) is 66.5 Å². The third-order valence-corrected chi connectivity index (χ3v) is 3.05. The van der Waals surface area contributed by atoms with Crippen molar-refractivity contribution in [3.05, 3.63) is 47.5 Å². The van der Waals surface area contributed by atoms with Crippen LogP contribution < -0.4 is 5.32 Å². The van der Waals surface area contributed by atoms with Crippen LogP contribution in [0.15, 0.2) is 36.4 Å². The molecule has 0 atom stereocenters. The first kappa shape index (κ1) is 14.0. The lowest BCUT2D eigenvalue weighted by atomic mass is 10.1. The Morgan fingerprint density at radius 2 is 1.80 bits per heavy atom. The molecule has 1 aromatic rings. The van der Waals surface area contributed by atoms with E-state index in [-0.39, 0.29) is 17.7 Å². The molecule has 1 N–H and O–H groups in total. The maximum absolute atomic E-state index is 12.0. The molecule has 0 fully saturated rings. The molecule has 0 bridgehead atoms. The molecule has 1 aliphatic rings. The zero-order valence-electron chi connectivity index (χ0n) is 11.3. The summed E-state index contributed by atoms with van der Waals surface area (Å²) in [5, 5.41) is 2.68. The molecule has 0 saturated carbocycles. The van der Waals surface area contributed by atoms with Gasteiger partial charge in [-0.3, -0.25) is 19.3 Å². The van der Waals surface area contributed by atoms with Crippen molar-refractivity contribution in [1.29, 1.82) is 0 Å². The molecule has 1 aromatic carbocycles. The summed E-state index contributed by atoms with van der Waals surface area (Å²) in [4.78, 5) is 36.5. The zero-order valence-corrected chi connectivity index (χ0v) is 11.3. The van der Waals surface area contributed by atoms with E-state index in [1.54, 1.807) is 37.3 Å². The number of carbonyl (C=O) groups is 3. The molecule has 5 nitrogen and oxygen atoms in total. The van der Waals surface area contributed by atoms with Crippen LogP contribution in [0.1, 0.15) is 34.1 Å². The fourth-order valence-corrected chi connectivity index (χ4v) is 2.10. The van der Waals surface area contributed by atoms with Crippen molar-refractivity contribution in [2.75, 3.05) is 13.1 Å². The number of nitrogens with one attached hydrogen (secondary N) is 1. The van der Waals surface area contributed by atoms with Gasteiger partial charge in [0.05, 0.1) is 11.1 Å². The zero-order chi connectivity index (χ0) is 14.5. The second kappa shape index (κ2) is 6.14. The number of carbonyl (C=O) groups excluding carboxylic acids is 3. The fraction of sp³-hybridized carbons (Fsp3) is 0.267. The van der Waals surface area contributed by atoms with E-state index in [0.717, 1.165) is 0 Å². The third kappa shape index (κ3) is 2.77. The second-order valence-corrected chi connectivity index (χ2v) is 4.45. The highest BCUT2D eigenvalue weighted by Gasteiger charge is 2.34. The summed E-state index contributed by atoms with van der Waals surface area (Å²) in [6.07, 6.45) is 3.62. The number of fused-ring (bicyclic) bond motifs is 1. The minimum atomic E-state index is -0.259. The van der Waals surface area contributed by atoms with Crippen LogP contribution in [-0.2, 0) is 4.79 Å². The first-order valence-corrected chi connectivity index (χ1v) is 6.51. The van der Waals surface area contributed by atoms with Gasteiger partial charge in [-0.1, -0.05) is 18.2 Å². The van der Waals surface area contributed by atoms with Gasteiger partial charge in [0.2, 0.25) is 5.91 Å². The molecule has 20 heavy (non-hydrogen) atoms.